The Morgan fingerprint density at radius 2 is 2.11 bits per heavy atom. The Morgan fingerprint density at radius 3 is 2.84 bits per heavy atom. The largest absolute Gasteiger partial charge is 0.313 e. The third kappa shape index (κ3) is 4.34. The summed E-state index contributed by atoms with van der Waals surface area (Å²) in [5.74, 6) is 0. The molecule has 0 atom stereocenters. The van der Waals surface area contributed by atoms with E-state index in [1.54, 1.807) is 6.20 Å². The van der Waals surface area contributed by atoms with Gasteiger partial charge in [-0.2, -0.15) is 0 Å². The minimum absolute atomic E-state index is 0.795. The fraction of sp³-hybridized carbons (Fsp3) is 0.312. The molecule has 0 radical (unpaired) electrons. The topological polar surface area (TPSA) is 24.9 Å². The second-order valence-corrected chi connectivity index (χ2v) is 5.06. The van der Waals surface area contributed by atoms with E-state index < -0.39 is 0 Å². The van der Waals surface area contributed by atoms with Crippen molar-refractivity contribution in [2.45, 2.75) is 26.3 Å². The zero-order valence-electron chi connectivity index (χ0n) is 11.2. The van der Waals surface area contributed by atoms with Crippen LogP contribution in [0.5, 0.6) is 0 Å². The minimum atomic E-state index is 0.795. The lowest BCUT2D eigenvalue weighted by atomic mass is 10.0. The summed E-state index contributed by atoms with van der Waals surface area (Å²) in [7, 11) is 0. The molecule has 100 valence electrons. The molecule has 1 aromatic carbocycles. The molecule has 0 amide bonds. The summed E-state index contributed by atoms with van der Waals surface area (Å²) in [5.41, 5.74) is 3.80. The van der Waals surface area contributed by atoms with E-state index in [0.717, 1.165) is 31.0 Å². The van der Waals surface area contributed by atoms with Crippen molar-refractivity contribution >= 4 is 11.6 Å². The molecule has 0 bridgehead atoms. The van der Waals surface area contributed by atoms with Crippen molar-refractivity contribution in [3.8, 4) is 0 Å². The summed E-state index contributed by atoms with van der Waals surface area (Å²) in [5, 5.41) is 4.23. The predicted octanol–water partition coefficient (Wildman–Crippen LogP) is 3.83. The van der Waals surface area contributed by atoms with Crippen LogP contribution in [-0.4, -0.2) is 11.5 Å². The second kappa shape index (κ2) is 7.27. The highest BCUT2D eigenvalue weighted by molar-refractivity contribution is 6.30. The van der Waals surface area contributed by atoms with Gasteiger partial charge in [0.2, 0.25) is 0 Å². The molecule has 0 spiro atoms. The van der Waals surface area contributed by atoms with Crippen LogP contribution in [0, 0.1) is 0 Å². The molecule has 19 heavy (non-hydrogen) atoms. The molecule has 0 unspecified atom stereocenters. The SMILES string of the molecule is CCCNCc1cc(Cl)ccc1Cc1cccnc1. The minimum Gasteiger partial charge on any atom is -0.313 e. The average Bonchev–Trinajstić information content (AvgIpc) is 2.43. The maximum atomic E-state index is 6.09. The molecule has 0 saturated carbocycles. The van der Waals surface area contributed by atoms with E-state index in [4.69, 9.17) is 11.6 Å². The molecular formula is C16H19ClN2. The average molecular weight is 275 g/mol. The Kier molecular flexibility index (Phi) is 5.37. The van der Waals surface area contributed by atoms with Crippen molar-refractivity contribution in [3.63, 3.8) is 0 Å². The molecule has 2 nitrogen and oxygen atoms in total. The van der Waals surface area contributed by atoms with Crippen LogP contribution in [0.2, 0.25) is 5.02 Å². The summed E-state index contributed by atoms with van der Waals surface area (Å²) >= 11 is 6.09. The lowest BCUT2D eigenvalue weighted by Gasteiger charge is -2.11. The van der Waals surface area contributed by atoms with Gasteiger partial charge in [0.25, 0.3) is 0 Å². The molecule has 0 fully saturated rings. The molecule has 1 aromatic heterocycles. The number of aromatic nitrogens is 1. The Labute approximate surface area is 119 Å². The standard InChI is InChI=1S/C16H19ClN2/c1-2-7-18-12-15-10-16(17)6-5-14(15)9-13-4-3-8-19-11-13/h3-6,8,10-11,18H,2,7,9,12H2,1H3. The number of benzene rings is 1. The quantitative estimate of drug-likeness (QED) is 0.810. The first-order valence-corrected chi connectivity index (χ1v) is 7.04. The highest BCUT2D eigenvalue weighted by Crippen LogP contribution is 2.19. The highest BCUT2D eigenvalue weighted by atomic mass is 35.5. The first kappa shape index (κ1) is 14.0. The van der Waals surface area contributed by atoms with Crippen molar-refractivity contribution < 1.29 is 0 Å². The van der Waals surface area contributed by atoms with Gasteiger partial charge in [0.1, 0.15) is 0 Å². The van der Waals surface area contributed by atoms with Gasteiger partial charge in [0.15, 0.2) is 0 Å². The number of hydrogen-bond donors (Lipinski definition) is 1. The van der Waals surface area contributed by atoms with Crippen LogP contribution in [-0.2, 0) is 13.0 Å². The van der Waals surface area contributed by atoms with Gasteiger partial charge in [-0.1, -0.05) is 30.7 Å². The number of halogens is 1. The summed E-state index contributed by atoms with van der Waals surface area (Å²) in [6.07, 6.45) is 5.75. The maximum Gasteiger partial charge on any atom is 0.0409 e. The number of rotatable bonds is 6. The molecule has 0 aliphatic rings. The van der Waals surface area contributed by atoms with E-state index in [1.807, 2.05) is 18.3 Å². The molecule has 0 saturated heterocycles. The smallest absolute Gasteiger partial charge is 0.0409 e. The highest BCUT2D eigenvalue weighted by Gasteiger charge is 2.04. The van der Waals surface area contributed by atoms with E-state index in [9.17, 15) is 0 Å². The van der Waals surface area contributed by atoms with Crippen LogP contribution in [0.3, 0.4) is 0 Å². The van der Waals surface area contributed by atoms with E-state index in [1.165, 1.54) is 16.7 Å². The van der Waals surface area contributed by atoms with Crippen molar-refractivity contribution in [2.24, 2.45) is 0 Å². The molecule has 2 rings (SSSR count). The first-order chi connectivity index (χ1) is 9.29. The lowest BCUT2D eigenvalue weighted by molar-refractivity contribution is 0.672. The third-order valence-corrected chi connectivity index (χ3v) is 3.26. The summed E-state index contributed by atoms with van der Waals surface area (Å²) in [6.45, 7) is 4.06. The van der Waals surface area contributed by atoms with Gasteiger partial charge in [-0.15, -0.1) is 0 Å². The first-order valence-electron chi connectivity index (χ1n) is 6.66. The van der Waals surface area contributed by atoms with Crippen LogP contribution in [0.4, 0.5) is 0 Å². The molecule has 0 aliphatic carbocycles. The molecule has 2 aromatic rings. The Bertz CT molecular complexity index is 511. The monoisotopic (exact) mass is 274 g/mol. The van der Waals surface area contributed by atoms with Gasteiger partial charge in [-0.25, -0.2) is 0 Å². The van der Waals surface area contributed by atoms with Gasteiger partial charge in [0, 0.05) is 24.0 Å². The van der Waals surface area contributed by atoms with Crippen LogP contribution in [0.25, 0.3) is 0 Å². The van der Waals surface area contributed by atoms with Crippen molar-refractivity contribution in [1.82, 2.24) is 10.3 Å². The van der Waals surface area contributed by atoms with Gasteiger partial charge in [-0.05, 0) is 54.3 Å². The van der Waals surface area contributed by atoms with Crippen LogP contribution >= 0.6 is 11.6 Å². The fourth-order valence-electron chi connectivity index (χ4n) is 2.05. The molecule has 3 heteroatoms. The number of nitrogens with zero attached hydrogens (tertiary/aromatic N) is 1. The van der Waals surface area contributed by atoms with E-state index in [2.05, 4.69) is 35.4 Å². The van der Waals surface area contributed by atoms with E-state index >= 15 is 0 Å². The zero-order chi connectivity index (χ0) is 13.5. The molecule has 1 heterocycles. The second-order valence-electron chi connectivity index (χ2n) is 4.63. The van der Waals surface area contributed by atoms with Crippen molar-refractivity contribution in [3.05, 3.63) is 64.4 Å². The summed E-state index contributed by atoms with van der Waals surface area (Å²) < 4.78 is 0. The van der Waals surface area contributed by atoms with Crippen LogP contribution in [0.1, 0.15) is 30.0 Å². The normalized spacial score (nSPS) is 10.6. The molecule has 0 aliphatic heterocycles. The Morgan fingerprint density at radius 1 is 1.21 bits per heavy atom. The van der Waals surface area contributed by atoms with Crippen molar-refractivity contribution in [1.29, 1.82) is 0 Å². The molecular weight excluding hydrogens is 256 g/mol. The fourth-order valence-corrected chi connectivity index (χ4v) is 2.25. The molecule has 1 N–H and O–H groups in total. The lowest BCUT2D eigenvalue weighted by Crippen LogP contribution is -2.15. The van der Waals surface area contributed by atoms with E-state index in [-0.39, 0.29) is 0 Å². The Balaban J connectivity index is 2.14. The van der Waals surface area contributed by atoms with Gasteiger partial charge < -0.3 is 5.32 Å². The predicted molar refractivity (Wildman–Crippen MR) is 80.5 cm³/mol. The van der Waals surface area contributed by atoms with E-state index in [0.29, 0.717) is 0 Å². The van der Waals surface area contributed by atoms with Crippen LogP contribution < -0.4 is 5.32 Å². The maximum absolute atomic E-state index is 6.09. The van der Waals surface area contributed by atoms with Gasteiger partial charge in [-0.3, -0.25) is 4.98 Å². The number of pyridine rings is 1. The van der Waals surface area contributed by atoms with Gasteiger partial charge >= 0.3 is 0 Å². The third-order valence-electron chi connectivity index (χ3n) is 3.03. The van der Waals surface area contributed by atoms with Gasteiger partial charge in [0.05, 0.1) is 0 Å². The number of nitrogens with one attached hydrogen (secondary N) is 1. The number of hydrogen-bond acceptors (Lipinski definition) is 2. The van der Waals surface area contributed by atoms with Crippen LogP contribution in [0.15, 0.2) is 42.7 Å². The van der Waals surface area contributed by atoms with Crippen molar-refractivity contribution in [2.75, 3.05) is 6.54 Å². The summed E-state index contributed by atoms with van der Waals surface area (Å²) in [6, 6.07) is 10.2. The summed E-state index contributed by atoms with van der Waals surface area (Å²) in [4.78, 5) is 4.16. The zero-order valence-corrected chi connectivity index (χ0v) is 12.0. The Hall–Kier alpha value is -1.38.